The zero-order valence-electron chi connectivity index (χ0n) is 11.6. The Hall–Kier alpha value is -0.170. The van der Waals surface area contributed by atoms with E-state index in [9.17, 15) is 13.5 Å². The van der Waals surface area contributed by atoms with Gasteiger partial charge in [0.1, 0.15) is 0 Å². The first-order valence-corrected chi connectivity index (χ1v) is 8.34. The smallest absolute Gasteiger partial charge is 0.215 e. The molecule has 1 aliphatic rings. The third-order valence-electron chi connectivity index (χ3n) is 3.85. The van der Waals surface area contributed by atoms with Crippen molar-refractivity contribution in [2.24, 2.45) is 0 Å². The number of aliphatic hydroxyl groups is 1. The molecule has 1 rings (SSSR count). The lowest BCUT2D eigenvalue weighted by atomic mass is 9.97. The Kier molecular flexibility index (Phi) is 5.58. The van der Waals surface area contributed by atoms with Crippen molar-refractivity contribution in [2.75, 3.05) is 26.2 Å². The van der Waals surface area contributed by atoms with Gasteiger partial charge in [-0.3, -0.25) is 4.90 Å². The van der Waals surface area contributed by atoms with E-state index in [1.165, 1.54) is 0 Å². The quantitative estimate of drug-likeness (QED) is 0.713. The van der Waals surface area contributed by atoms with Gasteiger partial charge in [0.25, 0.3) is 0 Å². The van der Waals surface area contributed by atoms with Gasteiger partial charge in [-0.15, -0.1) is 0 Å². The Bertz CT molecular complexity index is 352. The third kappa shape index (κ3) is 3.91. The summed E-state index contributed by atoms with van der Waals surface area (Å²) < 4.78 is 26.3. The van der Waals surface area contributed by atoms with Crippen LogP contribution in [0.25, 0.3) is 0 Å². The molecule has 18 heavy (non-hydrogen) atoms. The summed E-state index contributed by atoms with van der Waals surface area (Å²) in [6.07, 6.45) is 2.05. The molecule has 1 unspecified atom stereocenters. The summed E-state index contributed by atoms with van der Waals surface area (Å²) >= 11 is 0. The lowest BCUT2D eigenvalue weighted by Crippen LogP contribution is -2.43. The SMILES string of the molecule is CCNS(=O)(=O)C1CCN(CC(O)(CC)CC)C1. The molecule has 0 amide bonds. The molecule has 0 aromatic carbocycles. The van der Waals surface area contributed by atoms with Crippen molar-refractivity contribution in [1.29, 1.82) is 0 Å². The maximum absolute atomic E-state index is 11.9. The molecule has 1 saturated heterocycles. The Morgan fingerprint density at radius 1 is 1.33 bits per heavy atom. The Morgan fingerprint density at radius 2 is 1.94 bits per heavy atom. The van der Waals surface area contributed by atoms with Crippen LogP contribution in [0.5, 0.6) is 0 Å². The molecule has 108 valence electrons. The number of nitrogens with one attached hydrogen (secondary N) is 1. The fourth-order valence-corrected chi connectivity index (χ4v) is 3.86. The van der Waals surface area contributed by atoms with Gasteiger partial charge in [0.2, 0.25) is 10.0 Å². The monoisotopic (exact) mass is 278 g/mol. The zero-order valence-corrected chi connectivity index (χ0v) is 12.5. The molecular weight excluding hydrogens is 252 g/mol. The maximum atomic E-state index is 11.9. The van der Waals surface area contributed by atoms with Crippen LogP contribution in [-0.2, 0) is 10.0 Å². The van der Waals surface area contributed by atoms with Gasteiger partial charge in [-0.1, -0.05) is 20.8 Å². The second-order valence-corrected chi connectivity index (χ2v) is 7.17. The lowest BCUT2D eigenvalue weighted by Gasteiger charge is -2.30. The van der Waals surface area contributed by atoms with Gasteiger partial charge < -0.3 is 5.11 Å². The Morgan fingerprint density at radius 3 is 2.44 bits per heavy atom. The molecule has 0 radical (unpaired) electrons. The van der Waals surface area contributed by atoms with Crippen molar-refractivity contribution in [2.45, 2.75) is 50.9 Å². The van der Waals surface area contributed by atoms with Crippen LogP contribution >= 0.6 is 0 Å². The van der Waals surface area contributed by atoms with Crippen molar-refractivity contribution in [3.63, 3.8) is 0 Å². The number of rotatable bonds is 7. The topological polar surface area (TPSA) is 69.6 Å². The van der Waals surface area contributed by atoms with E-state index in [1.807, 2.05) is 13.8 Å². The second kappa shape index (κ2) is 6.32. The van der Waals surface area contributed by atoms with E-state index < -0.39 is 15.6 Å². The van der Waals surface area contributed by atoms with Crippen molar-refractivity contribution in [3.05, 3.63) is 0 Å². The standard InChI is InChI=1S/C12H26N2O3S/c1-4-12(15,5-2)10-14-8-7-11(9-14)18(16,17)13-6-3/h11,13,15H,4-10H2,1-3H3. The maximum Gasteiger partial charge on any atom is 0.215 e. The molecule has 0 spiro atoms. The molecule has 6 heteroatoms. The normalized spacial score (nSPS) is 22.6. The fourth-order valence-electron chi connectivity index (χ4n) is 2.40. The molecule has 0 aliphatic carbocycles. The first-order valence-electron chi connectivity index (χ1n) is 6.80. The van der Waals surface area contributed by atoms with Crippen LogP contribution in [0, 0.1) is 0 Å². The first kappa shape index (κ1) is 15.9. The number of β-amino-alcohol motifs (C(OH)–C–C–N with tert-alkyl or cyclic N) is 1. The van der Waals surface area contributed by atoms with E-state index in [2.05, 4.69) is 9.62 Å². The molecule has 1 atom stereocenters. The van der Waals surface area contributed by atoms with E-state index in [4.69, 9.17) is 0 Å². The average Bonchev–Trinajstić information content (AvgIpc) is 2.78. The van der Waals surface area contributed by atoms with Crippen LogP contribution in [0.4, 0.5) is 0 Å². The molecule has 0 aromatic rings. The molecule has 0 bridgehead atoms. The summed E-state index contributed by atoms with van der Waals surface area (Å²) in [7, 11) is -3.19. The van der Waals surface area contributed by atoms with Crippen LogP contribution in [0.2, 0.25) is 0 Å². The predicted molar refractivity (Wildman–Crippen MR) is 73.0 cm³/mol. The summed E-state index contributed by atoms with van der Waals surface area (Å²) in [5, 5.41) is 9.94. The third-order valence-corrected chi connectivity index (χ3v) is 5.80. The highest BCUT2D eigenvalue weighted by Gasteiger charge is 2.35. The molecule has 1 heterocycles. The van der Waals surface area contributed by atoms with Crippen LogP contribution in [0.1, 0.15) is 40.0 Å². The molecule has 1 fully saturated rings. The average molecular weight is 278 g/mol. The van der Waals surface area contributed by atoms with Gasteiger partial charge in [0.05, 0.1) is 10.9 Å². The minimum atomic E-state index is -3.19. The second-order valence-electron chi connectivity index (χ2n) is 5.12. The number of nitrogens with zero attached hydrogens (tertiary/aromatic N) is 1. The number of sulfonamides is 1. The van der Waals surface area contributed by atoms with E-state index in [-0.39, 0.29) is 5.25 Å². The van der Waals surface area contributed by atoms with Crippen molar-refractivity contribution in [3.8, 4) is 0 Å². The molecule has 0 aromatic heterocycles. The van der Waals surface area contributed by atoms with E-state index in [0.29, 0.717) is 38.9 Å². The highest BCUT2D eigenvalue weighted by molar-refractivity contribution is 7.90. The van der Waals surface area contributed by atoms with Crippen molar-refractivity contribution < 1.29 is 13.5 Å². The Labute approximate surface area is 111 Å². The highest BCUT2D eigenvalue weighted by atomic mass is 32.2. The van der Waals surface area contributed by atoms with Crippen molar-refractivity contribution in [1.82, 2.24) is 9.62 Å². The molecule has 1 aliphatic heterocycles. The summed E-state index contributed by atoms with van der Waals surface area (Å²) in [5.74, 6) is 0. The van der Waals surface area contributed by atoms with Gasteiger partial charge in [-0.2, -0.15) is 0 Å². The van der Waals surface area contributed by atoms with E-state index in [0.717, 1.165) is 6.54 Å². The molecule has 2 N–H and O–H groups in total. The Balaban J connectivity index is 2.57. The summed E-state index contributed by atoms with van der Waals surface area (Å²) in [5.41, 5.74) is -0.684. The highest BCUT2D eigenvalue weighted by Crippen LogP contribution is 2.22. The molecule has 0 saturated carbocycles. The van der Waals surface area contributed by atoms with Gasteiger partial charge in [-0.25, -0.2) is 13.1 Å². The van der Waals surface area contributed by atoms with Crippen LogP contribution < -0.4 is 4.72 Å². The number of hydrogen-bond acceptors (Lipinski definition) is 4. The predicted octanol–water partition coefficient (Wildman–Crippen LogP) is 0.551. The first-order chi connectivity index (χ1) is 8.37. The van der Waals surface area contributed by atoms with Gasteiger partial charge in [0.15, 0.2) is 0 Å². The van der Waals surface area contributed by atoms with Gasteiger partial charge in [-0.05, 0) is 25.8 Å². The van der Waals surface area contributed by atoms with Crippen LogP contribution in [0.3, 0.4) is 0 Å². The summed E-state index contributed by atoms with van der Waals surface area (Å²) in [6.45, 7) is 8.00. The minimum Gasteiger partial charge on any atom is -0.389 e. The lowest BCUT2D eigenvalue weighted by molar-refractivity contribution is 0.00252. The van der Waals surface area contributed by atoms with Crippen molar-refractivity contribution >= 4 is 10.0 Å². The molecule has 5 nitrogen and oxygen atoms in total. The van der Waals surface area contributed by atoms with E-state index >= 15 is 0 Å². The zero-order chi connectivity index (χ0) is 13.8. The van der Waals surface area contributed by atoms with Crippen LogP contribution in [0.15, 0.2) is 0 Å². The summed E-state index contributed by atoms with van der Waals surface area (Å²) in [6, 6.07) is 0. The summed E-state index contributed by atoms with van der Waals surface area (Å²) in [4.78, 5) is 2.06. The molecular formula is C12H26N2O3S. The van der Waals surface area contributed by atoms with E-state index in [1.54, 1.807) is 6.92 Å². The minimum absolute atomic E-state index is 0.338. The van der Waals surface area contributed by atoms with Crippen LogP contribution in [-0.4, -0.2) is 55.5 Å². The fraction of sp³-hybridized carbons (Fsp3) is 1.00. The van der Waals surface area contributed by atoms with Gasteiger partial charge in [0, 0.05) is 19.6 Å². The number of hydrogen-bond donors (Lipinski definition) is 2. The number of likely N-dealkylation sites (tertiary alicyclic amines) is 1. The largest absolute Gasteiger partial charge is 0.389 e. The van der Waals surface area contributed by atoms with Gasteiger partial charge >= 0.3 is 0 Å².